The summed E-state index contributed by atoms with van der Waals surface area (Å²) in [5.41, 5.74) is 11.4. The van der Waals surface area contributed by atoms with Gasteiger partial charge < -0.3 is 31.0 Å². The van der Waals surface area contributed by atoms with Crippen LogP contribution < -0.4 is 26.6 Å². The SMILES string of the molecule is CN(C)CCNc1cc2c(o1)N=CN(c1ccc(N(C(N)=O)c3cc(C(F)(F)F)ccc3F)cc1)C2N. The number of primary amides is 1. The number of rotatable bonds is 7. The molecule has 1 aromatic heterocycles. The quantitative estimate of drug-likeness (QED) is 0.388. The summed E-state index contributed by atoms with van der Waals surface area (Å²) in [6.45, 7) is 1.46. The predicted molar refractivity (Wildman–Crippen MR) is 133 cm³/mol. The van der Waals surface area contributed by atoms with Gasteiger partial charge in [-0.05, 0) is 56.6 Å². The second kappa shape index (κ2) is 10.1. The van der Waals surface area contributed by atoms with Crippen molar-refractivity contribution in [1.82, 2.24) is 4.90 Å². The highest BCUT2D eigenvalue weighted by atomic mass is 19.4. The molecule has 2 amide bonds. The number of anilines is 4. The number of fused-ring (bicyclic) bond motifs is 1. The van der Waals surface area contributed by atoms with E-state index in [1.807, 2.05) is 19.0 Å². The predicted octanol–water partition coefficient (Wildman–Crippen LogP) is 4.77. The van der Waals surface area contributed by atoms with Gasteiger partial charge >= 0.3 is 12.2 Å². The highest BCUT2D eigenvalue weighted by Gasteiger charge is 2.33. The molecule has 1 unspecified atom stereocenters. The molecule has 0 aliphatic carbocycles. The van der Waals surface area contributed by atoms with Crippen LogP contribution in [0.2, 0.25) is 0 Å². The summed E-state index contributed by atoms with van der Waals surface area (Å²) in [5, 5.41) is 3.17. The molecule has 1 atom stereocenters. The van der Waals surface area contributed by atoms with E-state index in [2.05, 4.69) is 10.3 Å². The first-order valence-electron chi connectivity index (χ1n) is 11.1. The molecule has 0 saturated heterocycles. The van der Waals surface area contributed by atoms with Gasteiger partial charge in [-0.2, -0.15) is 13.2 Å². The van der Waals surface area contributed by atoms with E-state index in [9.17, 15) is 22.4 Å². The maximum atomic E-state index is 14.5. The first kappa shape index (κ1) is 26.0. The molecule has 0 bridgehead atoms. The van der Waals surface area contributed by atoms with Crippen LogP contribution in [0.5, 0.6) is 0 Å². The fourth-order valence-corrected chi connectivity index (χ4v) is 3.78. The van der Waals surface area contributed by atoms with Gasteiger partial charge in [0.25, 0.3) is 0 Å². The fraction of sp³-hybridized carbons (Fsp3) is 0.250. The molecule has 0 spiro atoms. The Morgan fingerprint density at radius 1 is 1.16 bits per heavy atom. The van der Waals surface area contributed by atoms with E-state index in [0.717, 1.165) is 6.54 Å². The first-order valence-corrected chi connectivity index (χ1v) is 11.1. The minimum absolute atomic E-state index is 0.0633. The third kappa shape index (κ3) is 5.52. The Kier molecular flexibility index (Phi) is 7.09. The lowest BCUT2D eigenvalue weighted by atomic mass is 10.1. The van der Waals surface area contributed by atoms with Crippen molar-refractivity contribution < 1.29 is 26.8 Å². The lowest BCUT2D eigenvalue weighted by Gasteiger charge is -2.29. The number of hydrogen-bond donors (Lipinski definition) is 3. The number of carbonyl (C=O) groups is 1. The highest BCUT2D eigenvalue weighted by molar-refractivity contribution is 5.99. The summed E-state index contributed by atoms with van der Waals surface area (Å²) in [4.78, 5) is 20.8. The van der Waals surface area contributed by atoms with Crippen molar-refractivity contribution in [3.05, 3.63) is 65.5 Å². The number of benzene rings is 2. The number of nitrogens with one attached hydrogen (secondary N) is 1. The van der Waals surface area contributed by atoms with Crippen molar-refractivity contribution >= 4 is 41.2 Å². The standard InChI is InChI=1S/C24H25F4N7O2/c1-33(2)10-9-31-20-12-17-21(29)34(13-32-22(17)37-20)15-4-6-16(7-5-15)35(23(30)36)19-11-14(24(26,27)28)3-8-18(19)25/h3-8,11-13,21,31H,9-10,29H2,1-2H3,(H2,30,36). The third-order valence-corrected chi connectivity index (χ3v) is 5.66. The van der Waals surface area contributed by atoms with Gasteiger partial charge in [0.2, 0.25) is 5.88 Å². The normalized spacial score (nSPS) is 15.1. The number of amides is 2. The molecule has 9 nitrogen and oxygen atoms in total. The summed E-state index contributed by atoms with van der Waals surface area (Å²) in [6.07, 6.45) is -3.90. The molecule has 0 saturated carbocycles. The maximum Gasteiger partial charge on any atom is 0.416 e. The van der Waals surface area contributed by atoms with Gasteiger partial charge in [0.15, 0.2) is 5.88 Å². The van der Waals surface area contributed by atoms with E-state index in [4.69, 9.17) is 15.9 Å². The molecule has 1 aliphatic heterocycles. The van der Waals surface area contributed by atoms with E-state index in [1.54, 1.807) is 23.1 Å². The molecule has 5 N–H and O–H groups in total. The lowest BCUT2D eigenvalue weighted by molar-refractivity contribution is -0.137. The maximum absolute atomic E-state index is 14.5. The van der Waals surface area contributed by atoms with Crippen LogP contribution >= 0.6 is 0 Å². The highest BCUT2D eigenvalue weighted by Crippen LogP contribution is 2.39. The number of aliphatic imine (C=N–C) groups is 1. The number of nitrogens with zero attached hydrogens (tertiary/aromatic N) is 4. The zero-order chi connectivity index (χ0) is 26.9. The number of nitrogens with two attached hydrogens (primary N) is 2. The first-order chi connectivity index (χ1) is 17.5. The zero-order valence-electron chi connectivity index (χ0n) is 20.0. The van der Waals surface area contributed by atoms with Crippen molar-refractivity contribution in [3.8, 4) is 0 Å². The fourth-order valence-electron chi connectivity index (χ4n) is 3.78. The second-order valence-electron chi connectivity index (χ2n) is 8.55. The zero-order valence-corrected chi connectivity index (χ0v) is 20.0. The van der Waals surface area contributed by atoms with E-state index >= 15 is 0 Å². The number of likely N-dealkylation sites (N-methyl/N-ethyl adjacent to an activating group) is 1. The third-order valence-electron chi connectivity index (χ3n) is 5.66. The van der Waals surface area contributed by atoms with Gasteiger partial charge in [0, 0.05) is 24.8 Å². The summed E-state index contributed by atoms with van der Waals surface area (Å²) in [7, 11) is 3.91. The van der Waals surface area contributed by atoms with Gasteiger partial charge in [0.1, 0.15) is 18.3 Å². The minimum Gasteiger partial charge on any atom is -0.423 e. The monoisotopic (exact) mass is 519 g/mol. The molecule has 0 radical (unpaired) electrons. The number of furan rings is 1. The van der Waals surface area contributed by atoms with Gasteiger partial charge in [-0.25, -0.2) is 14.2 Å². The number of hydrogen-bond acceptors (Lipinski definition) is 7. The van der Waals surface area contributed by atoms with Crippen molar-refractivity contribution in [2.24, 2.45) is 16.5 Å². The molecule has 2 aromatic carbocycles. The Bertz CT molecular complexity index is 1310. The molecular weight excluding hydrogens is 494 g/mol. The topological polar surface area (TPSA) is 116 Å². The number of alkyl halides is 3. The van der Waals surface area contributed by atoms with Gasteiger partial charge in [0.05, 0.1) is 22.5 Å². The van der Waals surface area contributed by atoms with Crippen LogP contribution in [0.25, 0.3) is 0 Å². The molecule has 37 heavy (non-hydrogen) atoms. The van der Waals surface area contributed by atoms with Crippen molar-refractivity contribution in [2.45, 2.75) is 12.3 Å². The minimum atomic E-state index is -4.73. The number of halogens is 4. The van der Waals surface area contributed by atoms with E-state index in [1.165, 1.54) is 18.5 Å². The molecular formula is C24H25F4N7O2. The molecule has 0 fully saturated rings. The Morgan fingerprint density at radius 2 is 1.86 bits per heavy atom. The van der Waals surface area contributed by atoms with Crippen molar-refractivity contribution in [3.63, 3.8) is 0 Å². The molecule has 13 heteroatoms. The Balaban J connectivity index is 1.57. The van der Waals surface area contributed by atoms with Gasteiger partial charge in [-0.15, -0.1) is 0 Å². The van der Waals surface area contributed by atoms with Crippen LogP contribution in [0, 0.1) is 5.82 Å². The van der Waals surface area contributed by atoms with Crippen LogP contribution in [0.4, 0.5) is 51.2 Å². The molecule has 1 aliphatic rings. The summed E-state index contributed by atoms with van der Waals surface area (Å²) >= 11 is 0. The number of urea groups is 1. The average molecular weight is 520 g/mol. The largest absolute Gasteiger partial charge is 0.423 e. The van der Waals surface area contributed by atoms with E-state index in [-0.39, 0.29) is 5.69 Å². The second-order valence-corrected chi connectivity index (χ2v) is 8.55. The smallest absolute Gasteiger partial charge is 0.416 e. The van der Waals surface area contributed by atoms with Crippen LogP contribution in [0.1, 0.15) is 17.3 Å². The Morgan fingerprint density at radius 3 is 2.49 bits per heavy atom. The summed E-state index contributed by atoms with van der Waals surface area (Å²) in [6, 6.07) is 8.32. The van der Waals surface area contributed by atoms with Crippen LogP contribution in [0.15, 0.2) is 57.9 Å². The lowest BCUT2D eigenvalue weighted by Crippen LogP contribution is -2.35. The molecule has 4 rings (SSSR count). The average Bonchev–Trinajstić information content (AvgIpc) is 3.24. The van der Waals surface area contributed by atoms with Crippen LogP contribution in [0.3, 0.4) is 0 Å². The molecule has 196 valence electrons. The molecule has 2 heterocycles. The Hall–Kier alpha value is -4.10. The molecule has 3 aromatic rings. The van der Waals surface area contributed by atoms with Gasteiger partial charge in [-0.1, -0.05) is 0 Å². The van der Waals surface area contributed by atoms with Crippen molar-refractivity contribution in [1.29, 1.82) is 0 Å². The van der Waals surface area contributed by atoms with Gasteiger partial charge in [-0.3, -0.25) is 4.90 Å². The van der Waals surface area contributed by atoms with Crippen LogP contribution in [-0.2, 0) is 6.18 Å². The number of carbonyl (C=O) groups excluding carboxylic acids is 1. The summed E-state index contributed by atoms with van der Waals surface area (Å²) < 4.78 is 59.7. The van der Waals surface area contributed by atoms with E-state index in [0.29, 0.717) is 52.7 Å². The van der Waals surface area contributed by atoms with Crippen molar-refractivity contribution in [2.75, 3.05) is 42.3 Å². The summed E-state index contributed by atoms with van der Waals surface area (Å²) in [5.74, 6) is -0.145. The van der Waals surface area contributed by atoms with Crippen LogP contribution in [-0.4, -0.2) is 44.5 Å². The van der Waals surface area contributed by atoms with E-state index < -0.39 is 35.4 Å². The Labute approximate surface area is 209 Å².